The van der Waals surface area contributed by atoms with E-state index in [0.29, 0.717) is 16.2 Å². The van der Waals surface area contributed by atoms with Gasteiger partial charge in [-0.3, -0.25) is 0 Å². The third-order valence-corrected chi connectivity index (χ3v) is 5.42. The number of benzene rings is 1. The minimum atomic E-state index is -1.04. The van der Waals surface area contributed by atoms with Crippen LogP contribution in [0.15, 0.2) is 35.0 Å². The number of rotatable bonds is 5. The van der Waals surface area contributed by atoms with Crippen LogP contribution in [0.1, 0.15) is 73.6 Å². The molecule has 12 nitrogen and oxygen atoms in total. The molecule has 3 rings (SSSR count). The third-order valence-electron chi connectivity index (χ3n) is 5.42. The first kappa shape index (κ1) is 33.9. The number of imide groups is 1. The maximum Gasteiger partial charge on any atom is 0.425 e. The van der Waals surface area contributed by atoms with E-state index in [-0.39, 0.29) is 35.1 Å². The maximum atomic E-state index is 15.3. The van der Waals surface area contributed by atoms with Crippen LogP contribution in [0, 0.1) is 12.7 Å². The SMILES string of the molecule is Cc1cnc(N(C(=O)OC(C)(C)C)C(=O)OC(C)(C)C)c(-c2cc(-c3ccc(CN(C)C(=O)OC(C)(C)C)cc3F)no2)n1. The van der Waals surface area contributed by atoms with Crippen molar-refractivity contribution in [3.63, 3.8) is 0 Å². The Morgan fingerprint density at radius 3 is 1.93 bits per heavy atom. The topological polar surface area (TPSA) is 137 Å². The van der Waals surface area contributed by atoms with Crippen molar-refractivity contribution in [1.29, 1.82) is 0 Å². The van der Waals surface area contributed by atoms with Gasteiger partial charge in [0.05, 0.1) is 11.9 Å². The molecule has 0 saturated carbocycles. The van der Waals surface area contributed by atoms with Gasteiger partial charge in [-0.15, -0.1) is 0 Å². The Labute approximate surface area is 256 Å². The average molecular weight is 614 g/mol. The van der Waals surface area contributed by atoms with E-state index in [4.69, 9.17) is 18.7 Å². The van der Waals surface area contributed by atoms with E-state index >= 15 is 4.39 Å². The molecule has 2 aromatic heterocycles. The summed E-state index contributed by atoms with van der Waals surface area (Å²) >= 11 is 0. The zero-order valence-electron chi connectivity index (χ0n) is 27.1. The Morgan fingerprint density at radius 1 is 0.864 bits per heavy atom. The fraction of sp³-hybridized carbons (Fsp3) is 0.484. The quantitative estimate of drug-likeness (QED) is 0.270. The molecule has 3 aromatic rings. The highest BCUT2D eigenvalue weighted by molar-refractivity contribution is 6.10. The van der Waals surface area contributed by atoms with Gasteiger partial charge in [-0.2, -0.15) is 4.90 Å². The minimum absolute atomic E-state index is 0.0106. The van der Waals surface area contributed by atoms with E-state index in [1.165, 1.54) is 29.3 Å². The molecule has 0 saturated heterocycles. The summed E-state index contributed by atoms with van der Waals surface area (Å²) in [7, 11) is 1.56. The molecule has 238 valence electrons. The molecule has 0 N–H and O–H groups in total. The van der Waals surface area contributed by atoms with Crippen LogP contribution in [0.25, 0.3) is 22.7 Å². The standard InChI is InChI=1S/C31H40FN5O7/c1-18-16-33-25(37(27(39)42-30(5,6)7)28(40)43-31(8,9)10)24(34-18)23-15-22(35-44-23)20-13-12-19(14-21(20)32)17-36(11)26(38)41-29(2,3)4/h12-16H,17H2,1-11H3. The minimum Gasteiger partial charge on any atom is -0.444 e. The van der Waals surface area contributed by atoms with Crippen LogP contribution in [0.5, 0.6) is 0 Å². The van der Waals surface area contributed by atoms with E-state index in [2.05, 4.69) is 15.1 Å². The molecule has 2 heterocycles. The molecule has 0 fully saturated rings. The molecule has 0 radical (unpaired) electrons. The van der Waals surface area contributed by atoms with Gasteiger partial charge in [-0.1, -0.05) is 11.2 Å². The van der Waals surface area contributed by atoms with Crippen LogP contribution in [0.2, 0.25) is 0 Å². The normalized spacial score (nSPS) is 12.0. The monoisotopic (exact) mass is 613 g/mol. The number of anilines is 1. The molecule has 3 amide bonds. The molecule has 0 aliphatic carbocycles. The molecule has 0 spiro atoms. The van der Waals surface area contributed by atoms with E-state index in [1.54, 1.807) is 82.4 Å². The van der Waals surface area contributed by atoms with Crippen LogP contribution in [-0.4, -0.2) is 62.2 Å². The van der Waals surface area contributed by atoms with Crippen LogP contribution >= 0.6 is 0 Å². The number of hydrogen-bond donors (Lipinski definition) is 0. The Bertz CT molecular complexity index is 1510. The summed E-state index contributed by atoms with van der Waals surface area (Å²) in [5, 5.41) is 4.00. The van der Waals surface area contributed by atoms with Crippen molar-refractivity contribution in [2.45, 2.75) is 92.6 Å². The Hall–Kier alpha value is -4.55. The van der Waals surface area contributed by atoms with Gasteiger partial charge in [0.25, 0.3) is 0 Å². The van der Waals surface area contributed by atoms with Crippen molar-refractivity contribution < 1.29 is 37.5 Å². The number of carbonyl (C=O) groups excluding carboxylic acids is 3. The van der Waals surface area contributed by atoms with Crippen molar-refractivity contribution in [2.75, 3.05) is 11.9 Å². The highest BCUT2D eigenvalue weighted by Gasteiger charge is 2.36. The van der Waals surface area contributed by atoms with Gasteiger partial charge >= 0.3 is 18.3 Å². The number of aromatic nitrogens is 3. The molecule has 0 aliphatic heterocycles. The van der Waals surface area contributed by atoms with Crippen molar-refractivity contribution in [1.82, 2.24) is 20.0 Å². The molecule has 0 aliphatic rings. The third kappa shape index (κ3) is 9.22. The van der Waals surface area contributed by atoms with Crippen molar-refractivity contribution in [3.05, 3.63) is 47.5 Å². The lowest BCUT2D eigenvalue weighted by atomic mass is 10.1. The highest BCUT2D eigenvalue weighted by Crippen LogP contribution is 2.33. The van der Waals surface area contributed by atoms with Gasteiger partial charge in [0.2, 0.25) is 0 Å². The summed E-state index contributed by atoms with van der Waals surface area (Å²) in [4.78, 5) is 49.5. The van der Waals surface area contributed by atoms with Gasteiger partial charge in [-0.05, 0) is 86.9 Å². The Morgan fingerprint density at radius 2 is 1.41 bits per heavy atom. The summed E-state index contributed by atoms with van der Waals surface area (Å²) in [6.07, 6.45) is -1.25. The van der Waals surface area contributed by atoms with Gasteiger partial charge in [0, 0.05) is 25.2 Å². The number of aryl methyl sites for hydroxylation is 1. The van der Waals surface area contributed by atoms with Crippen molar-refractivity contribution in [3.8, 4) is 22.7 Å². The lowest BCUT2D eigenvalue weighted by Gasteiger charge is -2.28. The molecule has 44 heavy (non-hydrogen) atoms. The summed E-state index contributed by atoms with van der Waals surface area (Å²) in [6, 6.07) is 5.86. The van der Waals surface area contributed by atoms with Crippen LogP contribution < -0.4 is 4.90 Å². The summed E-state index contributed by atoms with van der Waals surface area (Å²) < 4.78 is 37.1. The molecule has 0 atom stereocenters. The van der Waals surface area contributed by atoms with E-state index in [1.807, 2.05) is 0 Å². The first-order valence-corrected chi connectivity index (χ1v) is 13.9. The summed E-state index contributed by atoms with van der Waals surface area (Å²) in [6.45, 7) is 17.0. The first-order chi connectivity index (χ1) is 20.1. The van der Waals surface area contributed by atoms with E-state index in [9.17, 15) is 14.4 Å². The molecular weight excluding hydrogens is 573 g/mol. The molecular formula is C31H40FN5O7. The largest absolute Gasteiger partial charge is 0.444 e. The molecule has 13 heteroatoms. The van der Waals surface area contributed by atoms with Gasteiger partial charge < -0.3 is 23.6 Å². The zero-order valence-corrected chi connectivity index (χ0v) is 27.1. The number of hydrogen-bond acceptors (Lipinski definition) is 10. The second kappa shape index (κ2) is 12.6. The second-order valence-corrected chi connectivity index (χ2v) is 13.2. The van der Waals surface area contributed by atoms with E-state index < -0.39 is 40.9 Å². The lowest BCUT2D eigenvalue weighted by molar-refractivity contribution is 0.0283. The Kier molecular flexibility index (Phi) is 9.71. The van der Waals surface area contributed by atoms with E-state index in [0.717, 1.165) is 0 Å². The second-order valence-electron chi connectivity index (χ2n) is 13.2. The van der Waals surface area contributed by atoms with Crippen LogP contribution in [-0.2, 0) is 20.8 Å². The predicted molar refractivity (Wildman–Crippen MR) is 160 cm³/mol. The molecule has 0 unspecified atom stereocenters. The average Bonchev–Trinajstić information content (AvgIpc) is 3.31. The number of halogens is 1. The zero-order chi connectivity index (χ0) is 33.2. The van der Waals surface area contributed by atoms with Gasteiger partial charge in [0.15, 0.2) is 17.3 Å². The van der Waals surface area contributed by atoms with Crippen LogP contribution in [0.3, 0.4) is 0 Å². The molecule has 0 bridgehead atoms. The molecule has 1 aromatic carbocycles. The maximum absolute atomic E-state index is 15.3. The van der Waals surface area contributed by atoms with Crippen LogP contribution in [0.4, 0.5) is 24.6 Å². The van der Waals surface area contributed by atoms with Crippen molar-refractivity contribution >= 4 is 24.1 Å². The highest BCUT2D eigenvalue weighted by atomic mass is 19.1. The van der Waals surface area contributed by atoms with Crippen molar-refractivity contribution in [2.24, 2.45) is 0 Å². The van der Waals surface area contributed by atoms with Gasteiger partial charge in [-0.25, -0.2) is 28.7 Å². The number of ether oxygens (including phenoxy) is 3. The Balaban J connectivity index is 1.98. The summed E-state index contributed by atoms with van der Waals surface area (Å²) in [5.74, 6) is -0.820. The fourth-order valence-electron chi connectivity index (χ4n) is 3.72. The predicted octanol–water partition coefficient (Wildman–Crippen LogP) is 7.29. The summed E-state index contributed by atoms with van der Waals surface area (Å²) in [5.41, 5.74) is -1.36. The number of nitrogens with zero attached hydrogens (tertiary/aromatic N) is 5. The lowest BCUT2D eigenvalue weighted by Crippen LogP contribution is -2.44. The number of carbonyl (C=O) groups is 3. The first-order valence-electron chi connectivity index (χ1n) is 13.9. The van der Waals surface area contributed by atoms with Gasteiger partial charge in [0.1, 0.15) is 28.3 Å². The fourth-order valence-corrected chi connectivity index (χ4v) is 3.72. The smallest absolute Gasteiger partial charge is 0.425 e. The number of amides is 3.